The molecule has 7 rings (SSSR count). The molecule has 39 heavy (non-hydrogen) atoms. The number of aromatic nitrogens is 2. The lowest BCUT2D eigenvalue weighted by atomic mass is 10.0. The van der Waals surface area contributed by atoms with E-state index in [1.54, 1.807) is 48.9 Å². The predicted molar refractivity (Wildman–Crippen MR) is 143 cm³/mol. The molecule has 4 heterocycles. The third-order valence-corrected chi connectivity index (χ3v) is 7.57. The normalized spacial score (nSPS) is 19.2. The molecule has 2 aromatic heterocycles. The molecule has 2 aliphatic heterocycles. The van der Waals surface area contributed by atoms with Crippen molar-refractivity contribution in [2.75, 3.05) is 11.9 Å². The molecular weight excluding hydrogens is 496 g/mol. The molecule has 1 aliphatic carbocycles. The van der Waals surface area contributed by atoms with Gasteiger partial charge in [-0.1, -0.05) is 18.2 Å². The van der Waals surface area contributed by atoms with Crippen LogP contribution in [-0.4, -0.2) is 50.8 Å². The lowest BCUT2D eigenvalue weighted by Gasteiger charge is -2.15. The Labute approximate surface area is 222 Å². The number of amides is 4. The first-order valence-electron chi connectivity index (χ1n) is 12.7. The number of carbonyl (C=O) groups is 4. The molecule has 0 saturated heterocycles. The van der Waals surface area contributed by atoms with Crippen LogP contribution in [0.3, 0.4) is 0 Å². The minimum Gasteiger partial charge on any atom is -0.345 e. The molecule has 0 bridgehead atoms. The van der Waals surface area contributed by atoms with Gasteiger partial charge in [0.1, 0.15) is 0 Å². The maximum Gasteiger partial charge on any atom is 0.272 e. The molecule has 1 fully saturated rings. The van der Waals surface area contributed by atoms with Gasteiger partial charge in [0.15, 0.2) is 0 Å². The van der Waals surface area contributed by atoms with Crippen molar-refractivity contribution in [2.45, 2.75) is 18.9 Å². The summed E-state index contributed by atoms with van der Waals surface area (Å²) in [4.78, 5) is 57.0. The van der Waals surface area contributed by atoms with Crippen molar-refractivity contribution in [3.63, 3.8) is 0 Å². The SMILES string of the molecule is O=C1NN=Cc2cn(CCN3C(=O)c4ccccc4C3=O)c3cc(NC(=O)[C@@H]4C[C@H]4c4cccnc4)cc1c23. The lowest BCUT2D eigenvalue weighted by molar-refractivity contribution is -0.117. The van der Waals surface area contributed by atoms with E-state index in [0.29, 0.717) is 39.8 Å². The molecule has 2 aromatic carbocycles. The van der Waals surface area contributed by atoms with Gasteiger partial charge in [0.2, 0.25) is 5.91 Å². The maximum absolute atomic E-state index is 13.1. The van der Waals surface area contributed by atoms with Gasteiger partial charge in [-0.25, -0.2) is 5.43 Å². The molecule has 192 valence electrons. The Morgan fingerprint density at radius 1 is 1.00 bits per heavy atom. The van der Waals surface area contributed by atoms with Crippen molar-refractivity contribution in [3.05, 3.63) is 94.9 Å². The van der Waals surface area contributed by atoms with E-state index >= 15 is 0 Å². The Morgan fingerprint density at radius 2 is 1.79 bits per heavy atom. The van der Waals surface area contributed by atoms with Gasteiger partial charge < -0.3 is 9.88 Å². The second kappa shape index (κ2) is 8.73. The van der Waals surface area contributed by atoms with E-state index in [1.807, 2.05) is 29.0 Å². The van der Waals surface area contributed by atoms with Crippen molar-refractivity contribution in [1.82, 2.24) is 19.9 Å². The number of nitrogens with zero attached hydrogens (tertiary/aromatic N) is 4. The Morgan fingerprint density at radius 3 is 2.54 bits per heavy atom. The summed E-state index contributed by atoms with van der Waals surface area (Å²) >= 11 is 0. The number of hydrogen-bond donors (Lipinski definition) is 2. The summed E-state index contributed by atoms with van der Waals surface area (Å²) in [5, 5.41) is 7.69. The zero-order valence-corrected chi connectivity index (χ0v) is 20.6. The van der Waals surface area contributed by atoms with Crippen LogP contribution in [0.1, 0.15) is 54.5 Å². The number of anilines is 1. The number of benzene rings is 2. The zero-order valence-electron chi connectivity index (χ0n) is 20.6. The van der Waals surface area contributed by atoms with Crippen LogP contribution in [0.5, 0.6) is 0 Å². The largest absolute Gasteiger partial charge is 0.345 e. The fourth-order valence-corrected chi connectivity index (χ4v) is 5.55. The zero-order chi connectivity index (χ0) is 26.7. The van der Waals surface area contributed by atoms with Crippen LogP contribution in [0, 0.1) is 5.92 Å². The van der Waals surface area contributed by atoms with Gasteiger partial charge in [0.25, 0.3) is 17.7 Å². The van der Waals surface area contributed by atoms with Gasteiger partial charge in [-0.15, -0.1) is 0 Å². The highest BCUT2D eigenvalue weighted by Gasteiger charge is 2.44. The minimum absolute atomic E-state index is 0.120. The molecule has 4 amide bonds. The van der Waals surface area contributed by atoms with E-state index < -0.39 is 0 Å². The molecule has 4 aromatic rings. The molecule has 2 N–H and O–H groups in total. The van der Waals surface area contributed by atoms with Crippen LogP contribution in [0.25, 0.3) is 10.9 Å². The van der Waals surface area contributed by atoms with Crippen LogP contribution < -0.4 is 10.7 Å². The molecule has 10 nitrogen and oxygen atoms in total. The van der Waals surface area contributed by atoms with Crippen molar-refractivity contribution in [1.29, 1.82) is 0 Å². The highest BCUT2D eigenvalue weighted by Crippen LogP contribution is 2.47. The van der Waals surface area contributed by atoms with Crippen LogP contribution in [0.2, 0.25) is 0 Å². The molecule has 2 atom stereocenters. The lowest BCUT2D eigenvalue weighted by Crippen LogP contribution is -2.32. The Balaban J connectivity index is 1.18. The average molecular weight is 519 g/mol. The summed E-state index contributed by atoms with van der Waals surface area (Å²) < 4.78 is 1.88. The quantitative estimate of drug-likeness (QED) is 0.379. The fraction of sp³-hybridized carbons (Fsp3) is 0.172. The summed E-state index contributed by atoms with van der Waals surface area (Å²) in [6.45, 7) is 0.458. The monoisotopic (exact) mass is 518 g/mol. The van der Waals surface area contributed by atoms with Gasteiger partial charge >= 0.3 is 0 Å². The summed E-state index contributed by atoms with van der Waals surface area (Å²) in [7, 11) is 0. The van der Waals surface area contributed by atoms with E-state index in [9.17, 15) is 19.2 Å². The number of hydrogen-bond acceptors (Lipinski definition) is 6. The first kappa shape index (κ1) is 23.0. The summed E-state index contributed by atoms with van der Waals surface area (Å²) in [5.74, 6) is -1.20. The Hall–Kier alpha value is -5.12. The fourth-order valence-electron chi connectivity index (χ4n) is 5.55. The van der Waals surface area contributed by atoms with E-state index in [1.165, 1.54) is 4.90 Å². The Bertz CT molecular complexity index is 1710. The van der Waals surface area contributed by atoms with Crippen LogP contribution in [0.4, 0.5) is 5.69 Å². The maximum atomic E-state index is 13.1. The molecule has 1 saturated carbocycles. The van der Waals surface area contributed by atoms with Crippen molar-refractivity contribution >= 4 is 46.4 Å². The van der Waals surface area contributed by atoms with Crippen molar-refractivity contribution in [2.24, 2.45) is 11.0 Å². The topological polar surface area (TPSA) is 126 Å². The molecular formula is C29H22N6O4. The molecule has 0 radical (unpaired) electrons. The predicted octanol–water partition coefficient (Wildman–Crippen LogP) is 3.15. The summed E-state index contributed by atoms with van der Waals surface area (Å²) in [5.41, 5.74) is 6.62. The number of rotatable bonds is 6. The number of carbonyl (C=O) groups excluding carboxylic acids is 4. The first-order valence-corrected chi connectivity index (χ1v) is 12.7. The number of imide groups is 1. The van der Waals surface area contributed by atoms with E-state index in [2.05, 4.69) is 20.8 Å². The van der Waals surface area contributed by atoms with Gasteiger partial charge in [-0.2, -0.15) is 5.10 Å². The first-order chi connectivity index (χ1) is 19.0. The number of nitrogens with one attached hydrogen (secondary N) is 2. The van der Waals surface area contributed by atoms with Gasteiger partial charge in [0, 0.05) is 54.2 Å². The van der Waals surface area contributed by atoms with Crippen LogP contribution in [0.15, 0.2) is 72.2 Å². The highest BCUT2D eigenvalue weighted by molar-refractivity contribution is 6.21. The standard InChI is InChI=1S/C29H22N6O4/c36-26(22-12-21(22)16-4-3-7-30-13-16)32-18-10-23-25-17(14-31-33-27(23)37)15-34(24(25)11-18)8-9-35-28(38)19-5-1-2-6-20(19)29(35)39/h1-7,10-11,13-15,21-22H,8-9,12H2,(H,32,36)(H,33,37)/t21-,22+/m0/s1. The van der Waals surface area contributed by atoms with Crippen molar-refractivity contribution < 1.29 is 19.2 Å². The van der Waals surface area contributed by atoms with E-state index in [4.69, 9.17) is 0 Å². The third kappa shape index (κ3) is 3.80. The van der Waals surface area contributed by atoms with Crippen LogP contribution >= 0.6 is 0 Å². The Kier molecular flexibility index (Phi) is 5.15. The summed E-state index contributed by atoms with van der Waals surface area (Å²) in [6.07, 6.45) is 7.63. The molecule has 0 unspecified atom stereocenters. The van der Waals surface area contributed by atoms with Crippen molar-refractivity contribution in [3.8, 4) is 0 Å². The molecule has 0 spiro atoms. The number of fused-ring (bicyclic) bond motifs is 1. The average Bonchev–Trinajstić information content (AvgIpc) is 3.67. The third-order valence-electron chi connectivity index (χ3n) is 7.57. The second-order valence-electron chi connectivity index (χ2n) is 9.93. The number of hydrazone groups is 1. The smallest absolute Gasteiger partial charge is 0.272 e. The minimum atomic E-state index is -0.385. The molecule has 10 heteroatoms. The highest BCUT2D eigenvalue weighted by atomic mass is 16.2. The summed E-state index contributed by atoms with van der Waals surface area (Å²) in [6, 6.07) is 14.1. The van der Waals surface area contributed by atoms with E-state index in [-0.39, 0.29) is 42.0 Å². The van der Waals surface area contributed by atoms with E-state index in [0.717, 1.165) is 17.5 Å². The molecule has 3 aliphatic rings. The van der Waals surface area contributed by atoms with Crippen LogP contribution in [-0.2, 0) is 11.3 Å². The number of pyridine rings is 1. The van der Waals surface area contributed by atoms with Gasteiger partial charge in [0.05, 0.1) is 28.4 Å². The second-order valence-corrected chi connectivity index (χ2v) is 9.93. The van der Waals surface area contributed by atoms with Gasteiger partial charge in [-0.05, 0) is 48.2 Å². The van der Waals surface area contributed by atoms with Gasteiger partial charge in [-0.3, -0.25) is 29.1 Å².